The fraction of sp³-hybridized carbons (Fsp3) is 0.250. The molecule has 0 aliphatic heterocycles. The quantitative estimate of drug-likeness (QED) is 0.856. The van der Waals surface area contributed by atoms with Gasteiger partial charge in [0.1, 0.15) is 0 Å². The number of amides is 1. The van der Waals surface area contributed by atoms with E-state index in [-0.39, 0.29) is 5.91 Å². The van der Waals surface area contributed by atoms with E-state index in [4.69, 9.17) is 0 Å². The van der Waals surface area contributed by atoms with E-state index in [1.54, 1.807) is 42.6 Å². The van der Waals surface area contributed by atoms with E-state index in [9.17, 15) is 4.79 Å². The molecule has 2 aromatic heterocycles. The van der Waals surface area contributed by atoms with Crippen LogP contribution in [0.2, 0.25) is 0 Å². The van der Waals surface area contributed by atoms with Gasteiger partial charge in [0.2, 0.25) is 0 Å². The molecule has 1 amide bonds. The summed E-state index contributed by atoms with van der Waals surface area (Å²) in [6.45, 7) is 2.72. The summed E-state index contributed by atoms with van der Waals surface area (Å²) in [7, 11) is 1.80. The lowest BCUT2D eigenvalue weighted by Gasteiger charge is -2.09. The summed E-state index contributed by atoms with van der Waals surface area (Å²) in [5, 5.41) is 9.89. The molecule has 18 heavy (non-hydrogen) atoms. The lowest BCUT2D eigenvalue weighted by molar-refractivity contribution is 0.102. The van der Waals surface area contributed by atoms with Crippen molar-refractivity contribution in [1.82, 2.24) is 14.8 Å². The topological polar surface area (TPSA) is 71.8 Å². The summed E-state index contributed by atoms with van der Waals surface area (Å²) in [6, 6.07) is 1.78. The lowest BCUT2D eigenvalue weighted by Crippen LogP contribution is -2.14. The van der Waals surface area contributed by atoms with Crippen molar-refractivity contribution < 1.29 is 4.79 Å². The highest BCUT2D eigenvalue weighted by molar-refractivity contribution is 6.07. The Balaban J connectivity index is 2.18. The molecule has 0 radical (unpaired) electrons. The largest absolute Gasteiger partial charge is 0.385 e. The number of nitrogens with zero attached hydrogens (tertiary/aromatic N) is 3. The van der Waals surface area contributed by atoms with E-state index < -0.39 is 0 Å². The molecule has 0 unspecified atom stereocenters. The highest BCUT2D eigenvalue weighted by Crippen LogP contribution is 2.15. The van der Waals surface area contributed by atoms with Crippen molar-refractivity contribution in [2.45, 2.75) is 6.92 Å². The number of carbonyl (C=O) groups excluding carboxylic acids is 1. The van der Waals surface area contributed by atoms with Crippen LogP contribution < -0.4 is 10.6 Å². The monoisotopic (exact) mass is 245 g/mol. The molecule has 2 N–H and O–H groups in total. The summed E-state index contributed by atoms with van der Waals surface area (Å²) >= 11 is 0. The molecule has 0 spiro atoms. The molecule has 6 heteroatoms. The molecule has 2 heterocycles. The van der Waals surface area contributed by atoms with Crippen LogP contribution in [-0.2, 0) is 7.05 Å². The van der Waals surface area contributed by atoms with Gasteiger partial charge in [-0.3, -0.25) is 14.5 Å². The molecule has 0 atom stereocenters. The maximum Gasteiger partial charge on any atom is 0.259 e. The molecule has 0 saturated carbocycles. The SMILES string of the molecule is CCNc1ccncc1C(=O)Nc1cnn(C)c1. The number of anilines is 2. The Morgan fingerprint density at radius 2 is 2.28 bits per heavy atom. The number of rotatable bonds is 4. The van der Waals surface area contributed by atoms with Crippen LogP contribution in [0, 0.1) is 0 Å². The third kappa shape index (κ3) is 2.65. The van der Waals surface area contributed by atoms with Gasteiger partial charge in [-0.1, -0.05) is 0 Å². The summed E-state index contributed by atoms with van der Waals surface area (Å²) in [6.07, 6.45) is 6.53. The number of hydrogen-bond donors (Lipinski definition) is 2. The molecule has 0 aliphatic rings. The van der Waals surface area contributed by atoms with E-state index in [0.29, 0.717) is 11.3 Å². The van der Waals surface area contributed by atoms with E-state index in [2.05, 4.69) is 20.7 Å². The molecule has 94 valence electrons. The maximum absolute atomic E-state index is 12.1. The second kappa shape index (κ2) is 5.31. The zero-order chi connectivity index (χ0) is 13.0. The Morgan fingerprint density at radius 3 is 2.94 bits per heavy atom. The fourth-order valence-corrected chi connectivity index (χ4v) is 1.60. The average Bonchev–Trinajstić information content (AvgIpc) is 2.76. The van der Waals surface area contributed by atoms with Crippen LogP contribution in [0.25, 0.3) is 0 Å². The van der Waals surface area contributed by atoms with Crippen LogP contribution >= 0.6 is 0 Å². The maximum atomic E-state index is 12.1. The minimum atomic E-state index is -0.202. The third-order valence-electron chi connectivity index (χ3n) is 2.40. The summed E-state index contributed by atoms with van der Waals surface area (Å²) in [5.74, 6) is -0.202. The van der Waals surface area contributed by atoms with Gasteiger partial charge in [0, 0.05) is 32.2 Å². The van der Waals surface area contributed by atoms with Gasteiger partial charge in [0.25, 0.3) is 5.91 Å². The fourth-order valence-electron chi connectivity index (χ4n) is 1.60. The summed E-state index contributed by atoms with van der Waals surface area (Å²) in [5.41, 5.74) is 1.95. The molecule has 0 aliphatic carbocycles. The van der Waals surface area contributed by atoms with Crippen molar-refractivity contribution in [2.75, 3.05) is 17.2 Å². The first-order valence-electron chi connectivity index (χ1n) is 5.68. The Bertz CT molecular complexity index is 549. The smallest absolute Gasteiger partial charge is 0.259 e. The Kier molecular flexibility index (Phi) is 3.57. The standard InChI is InChI=1S/C12H15N5O/c1-3-14-11-4-5-13-7-10(11)12(18)16-9-6-15-17(2)8-9/h4-8H,3H2,1-2H3,(H,13,14)(H,16,18). The highest BCUT2D eigenvalue weighted by atomic mass is 16.1. The van der Waals surface area contributed by atoms with Gasteiger partial charge in [-0.25, -0.2) is 0 Å². The zero-order valence-electron chi connectivity index (χ0n) is 10.3. The van der Waals surface area contributed by atoms with Crippen molar-refractivity contribution in [2.24, 2.45) is 7.05 Å². The number of carbonyl (C=O) groups is 1. The van der Waals surface area contributed by atoms with Gasteiger partial charge in [-0.2, -0.15) is 5.10 Å². The van der Waals surface area contributed by atoms with Gasteiger partial charge in [-0.05, 0) is 13.0 Å². The minimum absolute atomic E-state index is 0.202. The lowest BCUT2D eigenvalue weighted by atomic mass is 10.2. The first-order chi connectivity index (χ1) is 8.70. The van der Waals surface area contributed by atoms with Crippen LogP contribution in [0.4, 0.5) is 11.4 Å². The van der Waals surface area contributed by atoms with Gasteiger partial charge in [-0.15, -0.1) is 0 Å². The molecule has 0 saturated heterocycles. The Labute approximate surface area is 105 Å². The molecule has 0 aromatic carbocycles. The van der Waals surface area contributed by atoms with Crippen LogP contribution in [0.3, 0.4) is 0 Å². The molecule has 0 bridgehead atoms. The predicted molar refractivity (Wildman–Crippen MR) is 69.6 cm³/mol. The van der Waals surface area contributed by atoms with E-state index in [1.807, 2.05) is 6.92 Å². The second-order valence-corrected chi connectivity index (χ2v) is 3.81. The molecule has 2 aromatic rings. The van der Waals surface area contributed by atoms with Crippen LogP contribution in [0.5, 0.6) is 0 Å². The minimum Gasteiger partial charge on any atom is -0.385 e. The number of nitrogens with one attached hydrogen (secondary N) is 2. The Morgan fingerprint density at radius 1 is 1.44 bits per heavy atom. The molecule has 0 fully saturated rings. The first-order valence-corrected chi connectivity index (χ1v) is 5.68. The zero-order valence-corrected chi connectivity index (χ0v) is 10.3. The molecular weight excluding hydrogens is 230 g/mol. The van der Waals surface area contributed by atoms with Crippen molar-refractivity contribution in [3.63, 3.8) is 0 Å². The Hall–Kier alpha value is -2.37. The van der Waals surface area contributed by atoms with Gasteiger partial charge in [0.15, 0.2) is 0 Å². The predicted octanol–water partition coefficient (Wildman–Crippen LogP) is 1.50. The molecule has 2 rings (SSSR count). The van der Waals surface area contributed by atoms with E-state index in [0.717, 1.165) is 12.2 Å². The van der Waals surface area contributed by atoms with Crippen molar-refractivity contribution in [3.05, 3.63) is 36.4 Å². The highest BCUT2D eigenvalue weighted by Gasteiger charge is 2.11. The summed E-state index contributed by atoms with van der Waals surface area (Å²) < 4.78 is 1.63. The third-order valence-corrected chi connectivity index (χ3v) is 2.40. The van der Waals surface area contributed by atoms with Crippen LogP contribution in [0.1, 0.15) is 17.3 Å². The average molecular weight is 245 g/mol. The normalized spacial score (nSPS) is 10.1. The van der Waals surface area contributed by atoms with Gasteiger partial charge in [0.05, 0.1) is 23.1 Å². The van der Waals surface area contributed by atoms with E-state index >= 15 is 0 Å². The molecular formula is C12H15N5O. The van der Waals surface area contributed by atoms with Crippen molar-refractivity contribution >= 4 is 17.3 Å². The second-order valence-electron chi connectivity index (χ2n) is 3.81. The van der Waals surface area contributed by atoms with E-state index in [1.165, 1.54) is 0 Å². The van der Waals surface area contributed by atoms with Gasteiger partial charge < -0.3 is 10.6 Å². The first kappa shape index (κ1) is 12.1. The number of aromatic nitrogens is 3. The number of aryl methyl sites for hydroxylation is 1. The van der Waals surface area contributed by atoms with Crippen molar-refractivity contribution in [1.29, 1.82) is 0 Å². The summed E-state index contributed by atoms with van der Waals surface area (Å²) in [4.78, 5) is 16.1. The molecule has 6 nitrogen and oxygen atoms in total. The van der Waals surface area contributed by atoms with Crippen LogP contribution in [-0.4, -0.2) is 27.2 Å². The van der Waals surface area contributed by atoms with Crippen molar-refractivity contribution in [3.8, 4) is 0 Å². The number of hydrogen-bond acceptors (Lipinski definition) is 4. The van der Waals surface area contributed by atoms with Gasteiger partial charge >= 0.3 is 0 Å². The van der Waals surface area contributed by atoms with Crippen LogP contribution in [0.15, 0.2) is 30.9 Å². The number of pyridine rings is 1.